The fourth-order valence-electron chi connectivity index (χ4n) is 4.72. The standard InChI is InChI=1S/C26H29N7O3S/c1-5-32-20(10-12-27-32)28-18-8-6-17(7-9-18)22-21-14(2)15(3)37-25(21)33-16(4)30-31-24(33)23(29-22)19(11-13-34)26(35)36/h6-10,12,19,23,28,34H,5,11,13H2,1-4H3,(H,35,36)/t19-,23?/m0/s1. The van der Waals surface area contributed by atoms with Crippen molar-refractivity contribution < 1.29 is 15.0 Å². The molecule has 0 bridgehead atoms. The number of aromatic nitrogens is 5. The van der Waals surface area contributed by atoms with Gasteiger partial charge in [-0.25, -0.2) is 4.68 Å². The normalized spacial score (nSPS) is 15.5. The highest BCUT2D eigenvalue weighted by Gasteiger charge is 2.38. The third-order valence-electron chi connectivity index (χ3n) is 6.77. The van der Waals surface area contributed by atoms with Crippen LogP contribution in [-0.4, -0.2) is 53.0 Å². The van der Waals surface area contributed by atoms with Crippen LogP contribution in [0, 0.1) is 26.7 Å². The summed E-state index contributed by atoms with van der Waals surface area (Å²) in [6, 6.07) is 9.05. The van der Waals surface area contributed by atoms with Crippen LogP contribution in [-0.2, 0) is 11.3 Å². The van der Waals surface area contributed by atoms with Gasteiger partial charge in [0.25, 0.3) is 0 Å². The number of nitrogens with zero attached hydrogens (tertiary/aromatic N) is 6. The molecule has 3 aromatic heterocycles. The number of aryl methyl sites for hydroxylation is 3. The first kappa shape index (κ1) is 24.8. The molecule has 0 fully saturated rings. The number of aliphatic hydroxyl groups excluding tert-OH is 1. The Kier molecular flexibility index (Phi) is 6.65. The molecule has 1 unspecified atom stereocenters. The van der Waals surface area contributed by atoms with Gasteiger partial charge in [0.15, 0.2) is 5.82 Å². The average Bonchev–Trinajstić information content (AvgIpc) is 3.54. The molecule has 192 valence electrons. The zero-order chi connectivity index (χ0) is 26.3. The Morgan fingerprint density at radius 1 is 1.16 bits per heavy atom. The number of carboxylic acid groups (broad SMARTS) is 1. The van der Waals surface area contributed by atoms with E-state index in [9.17, 15) is 15.0 Å². The molecule has 5 rings (SSSR count). The van der Waals surface area contributed by atoms with Gasteiger partial charge in [-0.3, -0.25) is 14.4 Å². The summed E-state index contributed by atoms with van der Waals surface area (Å²) in [5.41, 5.74) is 4.51. The summed E-state index contributed by atoms with van der Waals surface area (Å²) in [6.45, 7) is 8.51. The van der Waals surface area contributed by atoms with E-state index in [1.165, 1.54) is 0 Å². The number of thiophene rings is 1. The lowest BCUT2D eigenvalue weighted by Crippen LogP contribution is -2.24. The summed E-state index contributed by atoms with van der Waals surface area (Å²) in [4.78, 5) is 18.5. The van der Waals surface area contributed by atoms with Crippen LogP contribution in [0.5, 0.6) is 0 Å². The van der Waals surface area contributed by atoms with Crippen LogP contribution in [0.2, 0.25) is 0 Å². The van der Waals surface area contributed by atoms with Crippen LogP contribution in [0.4, 0.5) is 11.5 Å². The zero-order valence-corrected chi connectivity index (χ0v) is 22.0. The van der Waals surface area contributed by atoms with Gasteiger partial charge in [0.05, 0.1) is 17.8 Å². The lowest BCUT2D eigenvalue weighted by Gasteiger charge is -2.19. The molecule has 1 aromatic carbocycles. The number of carbonyl (C=O) groups is 1. The molecular weight excluding hydrogens is 490 g/mol. The van der Waals surface area contributed by atoms with Crippen molar-refractivity contribution in [2.24, 2.45) is 10.9 Å². The van der Waals surface area contributed by atoms with Gasteiger partial charge in [-0.15, -0.1) is 21.5 Å². The number of benzene rings is 1. The van der Waals surface area contributed by atoms with Crippen LogP contribution in [0.3, 0.4) is 0 Å². The molecule has 1 aliphatic heterocycles. The van der Waals surface area contributed by atoms with E-state index in [1.807, 2.05) is 53.4 Å². The average molecular weight is 520 g/mol. The second-order valence-electron chi connectivity index (χ2n) is 9.02. The van der Waals surface area contributed by atoms with Crippen molar-refractivity contribution in [1.29, 1.82) is 0 Å². The van der Waals surface area contributed by atoms with Crippen LogP contribution in [0.25, 0.3) is 5.00 Å². The van der Waals surface area contributed by atoms with Gasteiger partial charge in [-0.1, -0.05) is 12.1 Å². The van der Waals surface area contributed by atoms with Gasteiger partial charge in [-0.05, 0) is 51.8 Å². The van der Waals surface area contributed by atoms with E-state index >= 15 is 0 Å². The second kappa shape index (κ2) is 9.91. The summed E-state index contributed by atoms with van der Waals surface area (Å²) in [7, 11) is 0. The van der Waals surface area contributed by atoms with Crippen molar-refractivity contribution in [2.45, 2.75) is 46.7 Å². The quantitative estimate of drug-likeness (QED) is 0.318. The first-order valence-corrected chi connectivity index (χ1v) is 13.0. The fourth-order valence-corrected chi connectivity index (χ4v) is 5.94. The van der Waals surface area contributed by atoms with E-state index in [0.717, 1.165) is 44.6 Å². The Morgan fingerprint density at radius 3 is 2.59 bits per heavy atom. The van der Waals surface area contributed by atoms with Crippen molar-refractivity contribution in [3.8, 4) is 5.00 Å². The molecule has 0 radical (unpaired) electrons. The van der Waals surface area contributed by atoms with E-state index < -0.39 is 17.9 Å². The van der Waals surface area contributed by atoms with Crippen molar-refractivity contribution >= 4 is 34.5 Å². The third kappa shape index (κ3) is 4.34. The molecular formula is C26H29N7O3S. The molecule has 4 aromatic rings. The van der Waals surface area contributed by atoms with Crippen LogP contribution in [0.15, 0.2) is 41.5 Å². The molecule has 11 heteroatoms. The van der Waals surface area contributed by atoms with Crippen molar-refractivity contribution in [3.05, 3.63) is 69.7 Å². The van der Waals surface area contributed by atoms with Crippen LogP contribution >= 0.6 is 11.3 Å². The van der Waals surface area contributed by atoms with E-state index in [-0.39, 0.29) is 13.0 Å². The number of rotatable bonds is 8. The maximum atomic E-state index is 12.3. The molecule has 3 N–H and O–H groups in total. The topological polar surface area (TPSA) is 130 Å². The molecule has 1 aliphatic rings. The Morgan fingerprint density at radius 2 is 1.92 bits per heavy atom. The first-order valence-electron chi connectivity index (χ1n) is 12.2. The maximum Gasteiger partial charge on any atom is 0.309 e. The highest BCUT2D eigenvalue weighted by atomic mass is 32.1. The molecule has 10 nitrogen and oxygen atoms in total. The van der Waals surface area contributed by atoms with Gasteiger partial charge in [0.2, 0.25) is 0 Å². The van der Waals surface area contributed by atoms with Crippen molar-refractivity contribution in [1.82, 2.24) is 24.5 Å². The minimum Gasteiger partial charge on any atom is -0.481 e. The number of anilines is 2. The van der Waals surface area contributed by atoms with Gasteiger partial charge >= 0.3 is 5.97 Å². The van der Waals surface area contributed by atoms with E-state index in [2.05, 4.69) is 34.5 Å². The lowest BCUT2D eigenvalue weighted by atomic mass is 9.95. The molecule has 0 saturated heterocycles. The predicted octanol–water partition coefficient (Wildman–Crippen LogP) is 4.19. The smallest absolute Gasteiger partial charge is 0.309 e. The molecule has 0 spiro atoms. The van der Waals surface area contributed by atoms with Gasteiger partial charge in [-0.2, -0.15) is 5.10 Å². The lowest BCUT2D eigenvalue weighted by molar-refractivity contribution is -0.143. The largest absolute Gasteiger partial charge is 0.481 e. The Hall–Kier alpha value is -3.83. The number of nitrogens with one attached hydrogen (secondary N) is 1. The Bertz CT molecular complexity index is 1480. The Balaban J connectivity index is 1.65. The highest BCUT2D eigenvalue weighted by molar-refractivity contribution is 7.15. The first-order chi connectivity index (χ1) is 17.8. The number of aliphatic carboxylic acids is 1. The fraction of sp³-hybridized carbons (Fsp3) is 0.346. The molecule has 0 saturated carbocycles. The maximum absolute atomic E-state index is 12.3. The molecule has 0 amide bonds. The number of aliphatic hydroxyl groups is 1. The minimum atomic E-state index is -1.03. The number of hydrogen-bond acceptors (Lipinski definition) is 8. The summed E-state index contributed by atoms with van der Waals surface area (Å²) >= 11 is 1.62. The highest BCUT2D eigenvalue weighted by Crippen LogP contribution is 2.41. The van der Waals surface area contributed by atoms with Gasteiger partial charge < -0.3 is 15.5 Å². The number of hydrogen-bond donors (Lipinski definition) is 3. The monoisotopic (exact) mass is 519 g/mol. The van der Waals surface area contributed by atoms with E-state index in [1.54, 1.807) is 17.5 Å². The summed E-state index contributed by atoms with van der Waals surface area (Å²) in [6.07, 6.45) is 1.82. The SMILES string of the molecule is CCn1nccc1Nc1ccc(C2=NC([C@H](CCO)C(=O)O)c3nnc(C)n3-c3sc(C)c(C)c32)cc1. The van der Waals surface area contributed by atoms with Gasteiger partial charge in [0, 0.05) is 40.9 Å². The van der Waals surface area contributed by atoms with Crippen LogP contribution in [0.1, 0.15) is 52.6 Å². The summed E-state index contributed by atoms with van der Waals surface area (Å²) < 4.78 is 3.80. The third-order valence-corrected chi connectivity index (χ3v) is 7.97. The van der Waals surface area contributed by atoms with Gasteiger partial charge in [0.1, 0.15) is 22.7 Å². The molecule has 37 heavy (non-hydrogen) atoms. The zero-order valence-electron chi connectivity index (χ0n) is 21.1. The van der Waals surface area contributed by atoms with Crippen molar-refractivity contribution in [2.75, 3.05) is 11.9 Å². The van der Waals surface area contributed by atoms with Crippen molar-refractivity contribution in [3.63, 3.8) is 0 Å². The number of aliphatic imine (C=N–C) groups is 1. The van der Waals surface area contributed by atoms with E-state index in [0.29, 0.717) is 17.4 Å². The molecule has 0 aliphatic carbocycles. The molecule has 4 heterocycles. The molecule has 2 atom stereocenters. The summed E-state index contributed by atoms with van der Waals surface area (Å²) in [5.74, 6) is 0.0594. The minimum absolute atomic E-state index is 0.0579. The van der Waals surface area contributed by atoms with E-state index in [4.69, 9.17) is 4.99 Å². The number of carboxylic acids is 1. The predicted molar refractivity (Wildman–Crippen MR) is 142 cm³/mol. The second-order valence-corrected chi connectivity index (χ2v) is 10.2. The Labute approximate surface area is 218 Å². The summed E-state index contributed by atoms with van der Waals surface area (Å²) in [5, 5.41) is 37.0. The number of fused-ring (bicyclic) bond motifs is 3. The van der Waals surface area contributed by atoms with Crippen LogP contribution < -0.4 is 5.32 Å².